The van der Waals surface area contributed by atoms with Gasteiger partial charge in [0.05, 0.1) is 39.8 Å². The van der Waals surface area contributed by atoms with E-state index in [4.69, 9.17) is 5.73 Å². The van der Waals surface area contributed by atoms with Gasteiger partial charge < -0.3 is 20.2 Å². The second kappa shape index (κ2) is 5.02. The van der Waals surface area contributed by atoms with Crippen molar-refractivity contribution in [3.05, 3.63) is 23.8 Å². The summed E-state index contributed by atoms with van der Waals surface area (Å²) in [7, 11) is 6.57. The summed E-state index contributed by atoms with van der Waals surface area (Å²) in [4.78, 5) is 2.32. The number of likely N-dealkylation sites (N-methyl/N-ethyl adjacent to an activating group) is 1. The lowest BCUT2D eigenvalue weighted by atomic mass is 10.1. The highest BCUT2D eigenvalue weighted by Crippen LogP contribution is 2.29. The number of β-amino-alcohol motifs (C(OH)–C–C–N with tert-alkyl or cyclic N) is 1. The van der Waals surface area contributed by atoms with Crippen molar-refractivity contribution in [2.24, 2.45) is 0 Å². The predicted octanol–water partition coefficient (Wildman–Crippen LogP) is 1.22. The van der Waals surface area contributed by atoms with Gasteiger partial charge in [-0.05, 0) is 30.7 Å². The van der Waals surface area contributed by atoms with Gasteiger partial charge in [0.1, 0.15) is 0 Å². The second-order valence-electron chi connectivity index (χ2n) is 6.71. The summed E-state index contributed by atoms with van der Waals surface area (Å²) in [5.41, 5.74) is 8.97. The van der Waals surface area contributed by atoms with Gasteiger partial charge in [0.2, 0.25) is 0 Å². The van der Waals surface area contributed by atoms with E-state index in [1.165, 1.54) is 5.69 Å². The molecule has 0 aromatic heterocycles. The van der Waals surface area contributed by atoms with Crippen LogP contribution in [0.1, 0.15) is 12.0 Å². The largest absolute Gasteiger partial charge is 0.399 e. The van der Waals surface area contributed by atoms with Gasteiger partial charge in [0.25, 0.3) is 0 Å². The monoisotopic (exact) mass is 264 g/mol. The van der Waals surface area contributed by atoms with Gasteiger partial charge in [0.15, 0.2) is 0 Å². The van der Waals surface area contributed by atoms with Crippen molar-refractivity contribution in [2.45, 2.75) is 25.5 Å². The summed E-state index contributed by atoms with van der Waals surface area (Å²) in [5.74, 6) is 0. The highest BCUT2D eigenvalue weighted by molar-refractivity contribution is 5.59. The molecule has 0 spiro atoms. The summed E-state index contributed by atoms with van der Waals surface area (Å²) in [5, 5.41) is 9.98. The maximum absolute atomic E-state index is 9.98. The number of hydrogen-bond acceptors (Lipinski definition) is 3. The SMILES string of the molecule is Cc1cc(N2CC(O)CC2C[N+](C)(C)C)ccc1N. The fourth-order valence-electron chi connectivity index (χ4n) is 2.85. The number of quaternary nitrogens is 1. The molecular weight excluding hydrogens is 238 g/mol. The lowest BCUT2D eigenvalue weighted by Gasteiger charge is -2.33. The Hall–Kier alpha value is -1.26. The molecular formula is C15H26N3O+. The van der Waals surface area contributed by atoms with Crippen LogP contribution in [0.4, 0.5) is 11.4 Å². The Kier molecular flexibility index (Phi) is 3.74. The fourth-order valence-corrected chi connectivity index (χ4v) is 2.85. The average Bonchev–Trinajstić information content (AvgIpc) is 2.61. The number of nitrogens with zero attached hydrogens (tertiary/aromatic N) is 2. The molecule has 1 saturated heterocycles. The van der Waals surface area contributed by atoms with Crippen molar-refractivity contribution in [3.8, 4) is 0 Å². The van der Waals surface area contributed by atoms with Crippen LogP contribution in [-0.2, 0) is 0 Å². The molecule has 1 aliphatic rings. The van der Waals surface area contributed by atoms with Crippen LogP contribution in [0.25, 0.3) is 0 Å². The second-order valence-corrected chi connectivity index (χ2v) is 6.71. The topological polar surface area (TPSA) is 49.5 Å². The normalized spacial score (nSPS) is 23.9. The van der Waals surface area contributed by atoms with E-state index < -0.39 is 0 Å². The molecule has 4 nitrogen and oxygen atoms in total. The fraction of sp³-hybridized carbons (Fsp3) is 0.600. The zero-order chi connectivity index (χ0) is 14.2. The Labute approximate surface area is 116 Å². The van der Waals surface area contributed by atoms with Crippen LogP contribution in [0, 0.1) is 6.92 Å². The molecule has 4 heteroatoms. The number of hydrogen-bond donors (Lipinski definition) is 2. The molecule has 1 aromatic rings. The Morgan fingerprint density at radius 2 is 2.05 bits per heavy atom. The molecule has 1 heterocycles. The van der Waals surface area contributed by atoms with E-state index >= 15 is 0 Å². The molecule has 0 radical (unpaired) electrons. The van der Waals surface area contributed by atoms with E-state index in [0.29, 0.717) is 12.6 Å². The molecule has 2 unspecified atom stereocenters. The van der Waals surface area contributed by atoms with Crippen molar-refractivity contribution in [1.29, 1.82) is 0 Å². The van der Waals surface area contributed by atoms with Crippen LogP contribution in [0.5, 0.6) is 0 Å². The summed E-state index contributed by atoms with van der Waals surface area (Å²) in [6.07, 6.45) is 0.619. The predicted molar refractivity (Wildman–Crippen MR) is 80.2 cm³/mol. The third-order valence-electron chi connectivity index (χ3n) is 3.74. The van der Waals surface area contributed by atoms with E-state index in [2.05, 4.69) is 38.2 Å². The lowest BCUT2D eigenvalue weighted by molar-refractivity contribution is -0.871. The first-order valence-corrected chi connectivity index (χ1v) is 6.87. The number of nitrogen functional groups attached to an aromatic ring is 1. The minimum absolute atomic E-state index is 0.227. The smallest absolute Gasteiger partial charge is 0.0988 e. The number of anilines is 2. The van der Waals surface area contributed by atoms with Crippen LogP contribution >= 0.6 is 0 Å². The molecule has 3 N–H and O–H groups in total. The average molecular weight is 264 g/mol. The summed E-state index contributed by atoms with van der Waals surface area (Å²) >= 11 is 0. The summed E-state index contributed by atoms with van der Waals surface area (Å²) in [6, 6.07) is 6.52. The van der Waals surface area contributed by atoms with Crippen LogP contribution in [0.3, 0.4) is 0 Å². The Morgan fingerprint density at radius 3 is 2.63 bits per heavy atom. The number of aryl methyl sites for hydroxylation is 1. The molecule has 19 heavy (non-hydrogen) atoms. The lowest BCUT2D eigenvalue weighted by Crippen LogP contribution is -2.46. The molecule has 1 aliphatic heterocycles. The minimum atomic E-state index is -0.227. The highest BCUT2D eigenvalue weighted by Gasteiger charge is 2.34. The zero-order valence-corrected chi connectivity index (χ0v) is 12.4. The maximum atomic E-state index is 9.98. The molecule has 2 atom stereocenters. The zero-order valence-electron chi connectivity index (χ0n) is 12.4. The van der Waals surface area contributed by atoms with Crippen LogP contribution in [0.15, 0.2) is 18.2 Å². The molecule has 1 aromatic carbocycles. The van der Waals surface area contributed by atoms with Gasteiger partial charge in [-0.3, -0.25) is 0 Å². The third-order valence-corrected chi connectivity index (χ3v) is 3.74. The van der Waals surface area contributed by atoms with Gasteiger partial charge >= 0.3 is 0 Å². The van der Waals surface area contributed by atoms with Gasteiger partial charge in [-0.1, -0.05) is 0 Å². The Morgan fingerprint density at radius 1 is 1.37 bits per heavy atom. The molecule has 106 valence electrons. The number of rotatable bonds is 3. The van der Waals surface area contributed by atoms with Crippen molar-refractivity contribution in [1.82, 2.24) is 0 Å². The number of aliphatic hydroxyl groups is 1. The first kappa shape index (κ1) is 14.2. The van der Waals surface area contributed by atoms with Gasteiger partial charge in [-0.25, -0.2) is 0 Å². The van der Waals surface area contributed by atoms with Crippen molar-refractivity contribution < 1.29 is 9.59 Å². The van der Waals surface area contributed by atoms with Crippen LogP contribution in [-0.4, -0.2) is 56.0 Å². The highest BCUT2D eigenvalue weighted by atomic mass is 16.3. The third kappa shape index (κ3) is 3.39. The standard InChI is InChI=1S/C15H26N3O/c1-11-7-12(5-6-15(11)16)17-9-14(19)8-13(17)10-18(2,3)4/h5-7,13-14,19H,8-10,16H2,1-4H3/q+1. The van der Waals surface area contributed by atoms with Crippen LogP contribution < -0.4 is 10.6 Å². The van der Waals surface area contributed by atoms with E-state index in [-0.39, 0.29) is 6.10 Å². The summed E-state index contributed by atoms with van der Waals surface area (Å²) in [6.45, 7) is 3.77. The molecule has 1 fully saturated rings. The molecule has 2 rings (SSSR count). The molecule has 0 amide bonds. The first-order valence-electron chi connectivity index (χ1n) is 6.87. The Bertz CT molecular complexity index is 453. The summed E-state index contributed by atoms with van der Waals surface area (Å²) < 4.78 is 0.905. The van der Waals surface area contributed by atoms with Crippen molar-refractivity contribution >= 4 is 11.4 Å². The number of benzene rings is 1. The van der Waals surface area contributed by atoms with Gasteiger partial charge in [-0.15, -0.1) is 0 Å². The number of nitrogens with two attached hydrogens (primary N) is 1. The van der Waals surface area contributed by atoms with E-state index in [1.807, 2.05) is 13.0 Å². The molecule has 0 bridgehead atoms. The van der Waals surface area contributed by atoms with E-state index in [0.717, 1.165) is 28.7 Å². The van der Waals surface area contributed by atoms with Crippen LogP contribution in [0.2, 0.25) is 0 Å². The van der Waals surface area contributed by atoms with Gasteiger partial charge in [-0.2, -0.15) is 0 Å². The van der Waals surface area contributed by atoms with Crippen molar-refractivity contribution in [2.75, 3.05) is 44.9 Å². The number of aliphatic hydroxyl groups excluding tert-OH is 1. The van der Waals surface area contributed by atoms with Crippen molar-refractivity contribution in [3.63, 3.8) is 0 Å². The van der Waals surface area contributed by atoms with E-state index in [1.54, 1.807) is 0 Å². The first-order chi connectivity index (χ1) is 8.76. The van der Waals surface area contributed by atoms with Gasteiger partial charge in [0, 0.05) is 24.3 Å². The molecule has 0 aliphatic carbocycles. The maximum Gasteiger partial charge on any atom is 0.0988 e. The van der Waals surface area contributed by atoms with E-state index in [9.17, 15) is 5.11 Å². The molecule has 0 saturated carbocycles. The quantitative estimate of drug-likeness (QED) is 0.637. The minimum Gasteiger partial charge on any atom is -0.399 e. The Balaban J connectivity index is 2.23.